The van der Waals surface area contributed by atoms with Gasteiger partial charge in [0, 0.05) is 10.2 Å². The van der Waals surface area contributed by atoms with Crippen LogP contribution in [0.5, 0.6) is 0 Å². The molecule has 0 aliphatic heterocycles. The molecule has 1 rings (SSSR count). The second-order valence-electron chi connectivity index (χ2n) is 1.26. The third kappa shape index (κ3) is 0.931. The Morgan fingerprint density at radius 1 is 1.71 bits per heavy atom. The second kappa shape index (κ2) is 1.98. The van der Waals surface area contributed by atoms with Crippen LogP contribution in [0.15, 0.2) is 22.8 Å². The van der Waals surface area contributed by atoms with Gasteiger partial charge in [-0.05, 0) is 18.2 Å². The summed E-state index contributed by atoms with van der Waals surface area (Å²) in [6, 6.07) is 4.59. The van der Waals surface area contributed by atoms with Crippen LogP contribution >= 0.6 is 0 Å². The van der Waals surface area contributed by atoms with Crippen molar-refractivity contribution in [1.29, 1.82) is 0 Å². The average molecular weight is 109 g/mol. The molecule has 0 spiro atoms. The SMILES string of the molecule is [Si]Cc1ccco1. The van der Waals surface area contributed by atoms with Gasteiger partial charge in [-0.1, -0.05) is 0 Å². The molecule has 1 heterocycles. The van der Waals surface area contributed by atoms with Gasteiger partial charge in [0.2, 0.25) is 0 Å². The van der Waals surface area contributed by atoms with Gasteiger partial charge in [0.15, 0.2) is 0 Å². The molecule has 0 saturated heterocycles. The number of furan rings is 1. The lowest BCUT2D eigenvalue weighted by atomic mass is 10.5. The van der Waals surface area contributed by atoms with Crippen LogP contribution in [0, 0.1) is 0 Å². The summed E-state index contributed by atoms with van der Waals surface area (Å²) >= 11 is 0. The minimum atomic E-state index is 0.799. The minimum absolute atomic E-state index is 0.799. The first kappa shape index (κ1) is 4.65. The van der Waals surface area contributed by atoms with Gasteiger partial charge < -0.3 is 4.42 Å². The zero-order valence-electron chi connectivity index (χ0n) is 3.85. The standard InChI is InChI=1S/C5H5OSi/c7-4-5-2-1-3-6-5/h1-3H,4H2. The van der Waals surface area contributed by atoms with Crippen LogP contribution < -0.4 is 0 Å². The maximum Gasteiger partial charge on any atom is 0.0999 e. The molecule has 0 fully saturated rings. The third-order valence-corrected chi connectivity index (χ3v) is 1.10. The molecule has 0 amide bonds. The first-order chi connectivity index (χ1) is 3.43. The Kier molecular flexibility index (Phi) is 1.31. The normalized spacial score (nSPS) is 9.29. The van der Waals surface area contributed by atoms with E-state index in [1.54, 1.807) is 6.26 Å². The minimum Gasteiger partial charge on any atom is -0.470 e. The summed E-state index contributed by atoms with van der Waals surface area (Å²) < 4.78 is 4.93. The highest BCUT2D eigenvalue weighted by Crippen LogP contribution is 1.96. The van der Waals surface area contributed by atoms with E-state index in [0.29, 0.717) is 0 Å². The summed E-state index contributed by atoms with van der Waals surface area (Å²) in [6.07, 6.45) is 1.66. The van der Waals surface area contributed by atoms with Crippen LogP contribution in [-0.4, -0.2) is 10.2 Å². The Bertz CT molecular complexity index is 123. The molecule has 0 unspecified atom stereocenters. The van der Waals surface area contributed by atoms with Crippen LogP contribution in [0.1, 0.15) is 5.76 Å². The fraction of sp³-hybridized carbons (Fsp3) is 0.200. The van der Waals surface area contributed by atoms with Gasteiger partial charge in [-0.3, -0.25) is 0 Å². The van der Waals surface area contributed by atoms with Crippen molar-refractivity contribution in [3.05, 3.63) is 24.2 Å². The van der Waals surface area contributed by atoms with Gasteiger partial charge in [-0.2, -0.15) is 0 Å². The maximum atomic E-state index is 4.93. The molecular formula is C5H5OSi. The Morgan fingerprint density at radius 2 is 2.57 bits per heavy atom. The molecule has 2 heteroatoms. The van der Waals surface area contributed by atoms with E-state index in [0.717, 1.165) is 11.8 Å². The molecule has 0 bridgehead atoms. The lowest BCUT2D eigenvalue weighted by Crippen LogP contribution is -1.73. The molecule has 0 saturated carbocycles. The molecule has 0 atom stereocenters. The molecule has 3 radical (unpaired) electrons. The molecule has 0 aliphatic rings. The topological polar surface area (TPSA) is 13.1 Å². The summed E-state index contributed by atoms with van der Waals surface area (Å²) in [5, 5.41) is 0. The summed E-state index contributed by atoms with van der Waals surface area (Å²) in [7, 11) is 3.29. The van der Waals surface area contributed by atoms with Crippen molar-refractivity contribution in [2.45, 2.75) is 6.04 Å². The molecule has 0 aliphatic carbocycles. The van der Waals surface area contributed by atoms with Crippen LogP contribution in [0.25, 0.3) is 0 Å². The molecule has 1 aromatic heterocycles. The van der Waals surface area contributed by atoms with Crippen molar-refractivity contribution in [3.63, 3.8) is 0 Å². The van der Waals surface area contributed by atoms with Gasteiger partial charge in [-0.15, -0.1) is 0 Å². The quantitative estimate of drug-likeness (QED) is 0.489. The van der Waals surface area contributed by atoms with Crippen LogP contribution in [0.2, 0.25) is 0 Å². The van der Waals surface area contributed by atoms with Crippen molar-refractivity contribution in [3.8, 4) is 0 Å². The summed E-state index contributed by atoms with van der Waals surface area (Å²) in [4.78, 5) is 0. The van der Waals surface area contributed by atoms with Crippen molar-refractivity contribution >= 4 is 10.2 Å². The van der Waals surface area contributed by atoms with Gasteiger partial charge in [0.25, 0.3) is 0 Å². The molecule has 1 nitrogen and oxygen atoms in total. The Morgan fingerprint density at radius 3 is 2.86 bits per heavy atom. The van der Waals surface area contributed by atoms with Crippen molar-refractivity contribution in [2.75, 3.05) is 0 Å². The Hall–Kier alpha value is -0.503. The predicted octanol–water partition coefficient (Wildman–Crippen LogP) is 0.948. The van der Waals surface area contributed by atoms with Gasteiger partial charge in [-0.25, -0.2) is 0 Å². The van der Waals surface area contributed by atoms with E-state index in [1.165, 1.54) is 0 Å². The lowest BCUT2D eigenvalue weighted by Gasteiger charge is -1.79. The summed E-state index contributed by atoms with van der Waals surface area (Å²) in [5.74, 6) is 0.969. The zero-order valence-corrected chi connectivity index (χ0v) is 4.85. The van der Waals surface area contributed by atoms with Crippen molar-refractivity contribution in [2.24, 2.45) is 0 Å². The number of hydrogen-bond acceptors (Lipinski definition) is 1. The van der Waals surface area contributed by atoms with Crippen LogP contribution in [-0.2, 0) is 6.04 Å². The lowest BCUT2D eigenvalue weighted by molar-refractivity contribution is 0.529. The zero-order chi connectivity index (χ0) is 5.11. The highest BCUT2D eigenvalue weighted by molar-refractivity contribution is 6.08. The number of rotatable bonds is 1. The molecule has 35 valence electrons. The maximum absolute atomic E-state index is 4.93. The van der Waals surface area contributed by atoms with E-state index in [4.69, 9.17) is 4.42 Å². The Balaban J connectivity index is 2.76. The van der Waals surface area contributed by atoms with E-state index in [9.17, 15) is 0 Å². The third-order valence-electron chi connectivity index (χ3n) is 0.754. The largest absolute Gasteiger partial charge is 0.470 e. The fourth-order valence-electron chi connectivity index (χ4n) is 0.413. The molecule has 0 N–H and O–H groups in total. The second-order valence-corrected chi connectivity index (χ2v) is 1.61. The first-order valence-electron chi connectivity index (χ1n) is 2.10. The van der Waals surface area contributed by atoms with Crippen LogP contribution in [0.4, 0.5) is 0 Å². The van der Waals surface area contributed by atoms with Gasteiger partial charge in [0.05, 0.1) is 12.0 Å². The molecule has 7 heavy (non-hydrogen) atoms. The molecular weight excluding hydrogens is 104 g/mol. The monoisotopic (exact) mass is 109 g/mol. The average Bonchev–Trinajstić information content (AvgIpc) is 2.14. The highest BCUT2D eigenvalue weighted by Gasteiger charge is 1.84. The van der Waals surface area contributed by atoms with E-state index >= 15 is 0 Å². The van der Waals surface area contributed by atoms with Gasteiger partial charge in [0.1, 0.15) is 0 Å². The van der Waals surface area contributed by atoms with Crippen molar-refractivity contribution in [1.82, 2.24) is 0 Å². The van der Waals surface area contributed by atoms with Crippen molar-refractivity contribution < 1.29 is 4.42 Å². The summed E-state index contributed by atoms with van der Waals surface area (Å²) in [6.45, 7) is 0. The van der Waals surface area contributed by atoms with E-state index in [1.807, 2.05) is 12.1 Å². The number of hydrogen-bond donors (Lipinski definition) is 0. The van der Waals surface area contributed by atoms with E-state index in [-0.39, 0.29) is 0 Å². The fourth-order valence-corrected chi connectivity index (χ4v) is 0.614. The predicted molar refractivity (Wildman–Crippen MR) is 28.2 cm³/mol. The smallest absolute Gasteiger partial charge is 0.0999 e. The highest BCUT2D eigenvalue weighted by atomic mass is 28.1. The molecule has 0 aromatic carbocycles. The van der Waals surface area contributed by atoms with E-state index in [2.05, 4.69) is 10.2 Å². The van der Waals surface area contributed by atoms with E-state index < -0.39 is 0 Å². The molecule has 1 aromatic rings. The first-order valence-corrected chi connectivity index (χ1v) is 2.81. The van der Waals surface area contributed by atoms with Crippen LogP contribution in [0.3, 0.4) is 0 Å². The Labute approximate surface area is 45.8 Å². The van der Waals surface area contributed by atoms with Gasteiger partial charge >= 0.3 is 0 Å². The summed E-state index contributed by atoms with van der Waals surface area (Å²) in [5.41, 5.74) is 0.